The molecule has 0 spiro atoms. The second-order valence-electron chi connectivity index (χ2n) is 2.55. The number of fused-ring (bicyclic) bond motifs is 2. The van der Waals surface area contributed by atoms with Crippen molar-refractivity contribution in [1.82, 2.24) is 0 Å². The van der Waals surface area contributed by atoms with Gasteiger partial charge in [0.2, 0.25) is 12.1 Å². The SMILES string of the molecule is CC1=C[C@H]2CO[C@H](O2)C1=O. The molecule has 0 unspecified atom stereocenters. The first-order valence-corrected chi connectivity index (χ1v) is 3.27. The van der Waals surface area contributed by atoms with E-state index in [0.29, 0.717) is 6.61 Å². The first kappa shape index (κ1) is 6.07. The third-order valence-corrected chi connectivity index (χ3v) is 1.75. The van der Waals surface area contributed by atoms with Gasteiger partial charge in [0.15, 0.2) is 0 Å². The van der Waals surface area contributed by atoms with Crippen molar-refractivity contribution in [3.8, 4) is 0 Å². The number of Topliss-reactive ketones (excluding diaryl/α,β-unsaturated/α-hetero) is 1. The summed E-state index contributed by atoms with van der Waals surface area (Å²) in [6.45, 7) is 2.31. The van der Waals surface area contributed by atoms with Crippen LogP contribution >= 0.6 is 0 Å². The van der Waals surface area contributed by atoms with E-state index in [1.54, 1.807) is 6.92 Å². The minimum absolute atomic E-state index is 0.0164. The fourth-order valence-electron chi connectivity index (χ4n) is 1.19. The van der Waals surface area contributed by atoms with Crippen molar-refractivity contribution in [2.75, 3.05) is 6.61 Å². The van der Waals surface area contributed by atoms with Crippen LogP contribution in [-0.2, 0) is 14.3 Å². The molecule has 2 rings (SSSR count). The summed E-state index contributed by atoms with van der Waals surface area (Å²) in [6.07, 6.45) is 1.23. The van der Waals surface area contributed by atoms with Gasteiger partial charge in [0.05, 0.1) is 6.61 Å². The van der Waals surface area contributed by atoms with Crippen LogP contribution in [-0.4, -0.2) is 24.8 Å². The largest absolute Gasteiger partial charge is 0.343 e. The maximum atomic E-state index is 11.1. The van der Waals surface area contributed by atoms with Crippen LogP contribution in [0.25, 0.3) is 0 Å². The van der Waals surface area contributed by atoms with Crippen molar-refractivity contribution >= 4 is 5.78 Å². The van der Waals surface area contributed by atoms with E-state index in [9.17, 15) is 4.79 Å². The summed E-state index contributed by atoms with van der Waals surface area (Å²) in [4.78, 5) is 11.1. The van der Waals surface area contributed by atoms with Gasteiger partial charge in [-0.25, -0.2) is 0 Å². The maximum Gasteiger partial charge on any atom is 0.223 e. The molecule has 1 saturated heterocycles. The zero-order chi connectivity index (χ0) is 7.14. The van der Waals surface area contributed by atoms with Crippen LogP contribution in [0.5, 0.6) is 0 Å². The Bertz CT molecular complexity index is 207. The van der Waals surface area contributed by atoms with Crippen molar-refractivity contribution in [2.24, 2.45) is 0 Å². The van der Waals surface area contributed by atoms with Crippen LogP contribution in [0.2, 0.25) is 0 Å². The second-order valence-corrected chi connectivity index (χ2v) is 2.55. The van der Waals surface area contributed by atoms with Crippen LogP contribution in [0.3, 0.4) is 0 Å². The van der Waals surface area contributed by atoms with Gasteiger partial charge in [0.1, 0.15) is 6.10 Å². The Morgan fingerprint density at radius 1 is 1.70 bits per heavy atom. The molecule has 0 amide bonds. The van der Waals surface area contributed by atoms with Gasteiger partial charge in [-0.15, -0.1) is 0 Å². The van der Waals surface area contributed by atoms with Crippen LogP contribution in [0, 0.1) is 0 Å². The topological polar surface area (TPSA) is 35.5 Å². The van der Waals surface area contributed by atoms with Gasteiger partial charge < -0.3 is 9.47 Å². The summed E-state index contributed by atoms with van der Waals surface area (Å²) in [6, 6.07) is 0. The molecule has 2 aliphatic rings. The Balaban J connectivity index is 2.33. The molecule has 0 aromatic rings. The molecule has 0 radical (unpaired) electrons. The van der Waals surface area contributed by atoms with E-state index in [1.807, 2.05) is 6.08 Å². The lowest BCUT2D eigenvalue weighted by Crippen LogP contribution is -2.27. The Kier molecular flexibility index (Phi) is 1.16. The number of ketones is 1. The lowest BCUT2D eigenvalue weighted by Gasteiger charge is -2.13. The highest BCUT2D eigenvalue weighted by molar-refractivity contribution is 5.98. The Hall–Kier alpha value is -0.670. The van der Waals surface area contributed by atoms with E-state index in [-0.39, 0.29) is 11.9 Å². The molecular formula is C7H8O3. The van der Waals surface area contributed by atoms with Crippen LogP contribution in [0.15, 0.2) is 11.6 Å². The summed E-state index contributed by atoms with van der Waals surface area (Å²) >= 11 is 0. The van der Waals surface area contributed by atoms with Gasteiger partial charge in [-0.05, 0) is 18.6 Å². The average molecular weight is 140 g/mol. The van der Waals surface area contributed by atoms with Gasteiger partial charge >= 0.3 is 0 Å². The lowest BCUT2D eigenvalue weighted by atomic mass is 10.1. The Morgan fingerprint density at radius 2 is 2.50 bits per heavy atom. The van der Waals surface area contributed by atoms with Gasteiger partial charge in [0.25, 0.3) is 0 Å². The highest BCUT2D eigenvalue weighted by Crippen LogP contribution is 2.22. The standard InChI is InChI=1S/C7H8O3/c1-4-2-5-3-9-7(10-5)6(4)8/h2,5,7H,3H2,1H3/t5-,7+/m0/s1. The minimum Gasteiger partial charge on any atom is -0.343 e. The molecule has 0 aliphatic carbocycles. The molecule has 2 atom stereocenters. The van der Waals surface area contributed by atoms with Crippen LogP contribution in [0.4, 0.5) is 0 Å². The van der Waals surface area contributed by atoms with E-state index in [0.717, 1.165) is 5.57 Å². The Morgan fingerprint density at radius 3 is 3.30 bits per heavy atom. The summed E-state index contributed by atoms with van der Waals surface area (Å²) in [5.41, 5.74) is 0.763. The molecule has 54 valence electrons. The highest BCUT2D eigenvalue weighted by Gasteiger charge is 2.35. The molecule has 0 saturated carbocycles. The molecule has 2 heterocycles. The zero-order valence-electron chi connectivity index (χ0n) is 5.66. The lowest BCUT2D eigenvalue weighted by molar-refractivity contribution is -0.143. The van der Waals surface area contributed by atoms with E-state index in [1.165, 1.54) is 0 Å². The quantitative estimate of drug-likeness (QED) is 0.484. The number of hydrogen-bond donors (Lipinski definition) is 0. The smallest absolute Gasteiger partial charge is 0.223 e. The fraction of sp³-hybridized carbons (Fsp3) is 0.571. The van der Waals surface area contributed by atoms with E-state index >= 15 is 0 Å². The number of rotatable bonds is 0. The predicted octanol–water partition coefficient (Wildman–Crippen LogP) is 0.257. The molecule has 0 aromatic heterocycles. The number of ether oxygens (including phenoxy) is 2. The summed E-state index contributed by atoms with van der Waals surface area (Å²) in [7, 11) is 0. The molecule has 1 fully saturated rings. The van der Waals surface area contributed by atoms with Gasteiger partial charge in [0, 0.05) is 0 Å². The van der Waals surface area contributed by atoms with Gasteiger partial charge in [-0.3, -0.25) is 4.79 Å². The van der Waals surface area contributed by atoms with Crippen molar-refractivity contribution in [2.45, 2.75) is 19.3 Å². The molecule has 3 heteroatoms. The molecule has 0 aromatic carbocycles. The fourth-order valence-corrected chi connectivity index (χ4v) is 1.19. The highest BCUT2D eigenvalue weighted by atomic mass is 16.7. The van der Waals surface area contributed by atoms with E-state index < -0.39 is 6.29 Å². The molecule has 3 nitrogen and oxygen atoms in total. The first-order valence-electron chi connectivity index (χ1n) is 3.27. The molecule has 2 aliphatic heterocycles. The van der Waals surface area contributed by atoms with Crippen molar-refractivity contribution in [3.05, 3.63) is 11.6 Å². The van der Waals surface area contributed by atoms with Crippen molar-refractivity contribution in [1.29, 1.82) is 0 Å². The average Bonchev–Trinajstić information content (AvgIpc) is 2.29. The van der Waals surface area contributed by atoms with E-state index in [4.69, 9.17) is 9.47 Å². The summed E-state index contributed by atoms with van der Waals surface area (Å²) in [5, 5.41) is 0. The third-order valence-electron chi connectivity index (χ3n) is 1.75. The van der Waals surface area contributed by atoms with E-state index in [2.05, 4.69) is 0 Å². The van der Waals surface area contributed by atoms with Gasteiger partial charge in [-0.2, -0.15) is 0 Å². The van der Waals surface area contributed by atoms with Gasteiger partial charge in [-0.1, -0.05) is 0 Å². The van der Waals surface area contributed by atoms with Crippen molar-refractivity contribution < 1.29 is 14.3 Å². The monoisotopic (exact) mass is 140 g/mol. The molecular weight excluding hydrogens is 132 g/mol. The number of carbonyl (C=O) groups excluding carboxylic acids is 1. The second kappa shape index (κ2) is 1.90. The first-order chi connectivity index (χ1) is 4.77. The Labute approximate surface area is 58.6 Å². The minimum atomic E-state index is -0.602. The van der Waals surface area contributed by atoms with Crippen LogP contribution < -0.4 is 0 Å². The summed E-state index contributed by atoms with van der Waals surface area (Å²) in [5.74, 6) is -0.0336. The third kappa shape index (κ3) is 0.711. The summed E-state index contributed by atoms with van der Waals surface area (Å²) < 4.78 is 10.2. The molecule has 0 N–H and O–H groups in total. The molecule has 10 heavy (non-hydrogen) atoms. The van der Waals surface area contributed by atoms with Crippen LogP contribution in [0.1, 0.15) is 6.92 Å². The van der Waals surface area contributed by atoms with Crippen molar-refractivity contribution in [3.63, 3.8) is 0 Å². The number of hydrogen-bond acceptors (Lipinski definition) is 3. The normalized spacial score (nSPS) is 38.1. The number of carbonyl (C=O) groups is 1. The zero-order valence-corrected chi connectivity index (χ0v) is 5.66. The maximum absolute atomic E-state index is 11.1. The molecule has 2 bridgehead atoms. The predicted molar refractivity (Wildman–Crippen MR) is 33.4 cm³/mol.